The highest BCUT2D eigenvalue weighted by molar-refractivity contribution is 5.78. The Morgan fingerprint density at radius 2 is 1.73 bits per heavy atom. The fourth-order valence-electron chi connectivity index (χ4n) is 3.09. The van der Waals surface area contributed by atoms with Crippen molar-refractivity contribution in [2.24, 2.45) is 0 Å². The topological polar surface area (TPSA) is 106 Å². The largest absolute Gasteiger partial charge is 0.445 e. The molecule has 9 heteroatoms. The number of amides is 3. The molecule has 2 unspecified atom stereocenters. The van der Waals surface area contributed by atoms with Gasteiger partial charge >= 0.3 is 12.2 Å². The summed E-state index contributed by atoms with van der Waals surface area (Å²) < 4.78 is 15.5. The predicted octanol–water partition coefficient (Wildman–Crippen LogP) is 2.05. The van der Waals surface area contributed by atoms with Crippen LogP contribution in [0.4, 0.5) is 9.59 Å². The lowest BCUT2D eigenvalue weighted by Gasteiger charge is -2.39. The normalized spacial score (nSPS) is 19.0. The van der Waals surface area contributed by atoms with Gasteiger partial charge in [-0.15, -0.1) is 0 Å². The molecule has 30 heavy (non-hydrogen) atoms. The molecule has 2 rings (SSSR count). The molecule has 1 aromatic rings. The minimum Gasteiger partial charge on any atom is -0.445 e. The Balaban J connectivity index is 1.98. The third kappa shape index (κ3) is 7.90. The summed E-state index contributed by atoms with van der Waals surface area (Å²) >= 11 is 0. The minimum atomic E-state index is -0.665. The van der Waals surface area contributed by atoms with Crippen LogP contribution in [0.25, 0.3) is 0 Å². The smallest absolute Gasteiger partial charge is 0.408 e. The quantitative estimate of drug-likeness (QED) is 0.728. The highest BCUT2D eigenvalue weighted by Gasteiger charge is 2.34. The summed E-state index contributed by atoms with van der Waals surface area (Å²) in [4.78, 5) is 38.3. The number of nitrogens with zero attached hydrogens (tertiary/aromatic N) is 1. The highest BCUT2D eigenvalue weighted by atomic mass is 16.6. The second kappa shape index (κ2) is 10.8. The fourth-order valence-corrected chi connectivity index (χ4v) is 3.09. The molecule has 0 saturated carbocycles. The first-order valence-corrected chi connectivity index (χ1v) is 9.91. The number of ether oxygens (including phenoxy) is 3. The van der Waals surface area contributed by atoms with Gasteiger partial charge < -0.3 is 29.7 Å². The van der Waals surface area contributed by atoms with Gasteiger partial charge in [-0.1, -0.05) is 30.3 Å². The standard InChI is InChI=1S/C21H31N3O6/c1-21(2,3)30-20(27)23-17-12-24(18(25)14-28-4)11-10-16(17)22-19(26)29-13-15-8-6-5-7-9-15/h5-9,16-17H,10-14H2,1-4H3,(H,22,26)(H,23,27). The Morgan fingerprint density at radius 1 is 1.07 bits per heavy atom. The number of piperidine rings is 1. The van der Waals surface area contributed by atoms with Crippen LogP contribution in [0.15, 0.2) is 30.3 Å². The van der Waals surface area contributed by atoms with Crippen LogP contribution in [-0.2, 0) is 25.6 Å². The molecule has 2 N–H and O–H groups in total. The molecule has 0 radical (unpaired) electrons. The van der Waals surface area contributed by atoms with Crippen molar-refractivity contribution in [1.29, 1.82) is 0 Å². The zero-order chi connectivity index (χ0) is 22.1. The molecule has 1 fully saturated rings. The zero-order valence-electron chi connectivity index (χ0n) is 18.0. The molecule has 1 aliphatic rings. The van der Waals surface area contributed by atoms with Gasteiger partial charge in [0, 0.05) is 20.2 Å². The summed E-state index contributed by atoms with van der Waals surface area (Å²) in [6.45, 7) is 6.04. The van der Waals surface area contributed by atoms with Crippen LogP contribution in [-0.4, -0.2) is 67.5 Å². The van der Waals surface area contributed by atoms with E-state index in [1.165, 1.54) is 7.11 Å². The summed E-state index contributed by atoms with van der Waals surface area (Å²) in [6.07, 6.45) is -0.745. The third-order valence-corrected chi connectivity index (χ3v) is 4.45. The van der Waals surface area contributed by atoms with Crippen LogP contribution in [0.5, 0.6) is 0 Å². The molecule has 0 bridgehead atoms. The number of likely N-dealkylation sites (tertiary alicyclic amines) is 1. The van der Waals surface area contributed by atoms with Crippen LogP contribution in [0.2, 0.25) is 0 Å². The van der Waals surface area contributed by atoms with E-state index in [-0.39, 0.29) is 25.7 Å². The van der Waals surface area contributed by atoms with Gasteiger partial charge in [-0.25, -0.2) is 9.59 Å². The van der Waals surface area contributed by atoms with Crippen molar-refractivity contribution in [2.75, 3.05) is 26.8 Å². The number of methoxy groups -OCH3 is 1. The molecule has 1 saturated heterocycles. The van der Waals surface area contributed by atoms with E-state index in [0.717, 1.165) is 5.56 Å². The maximum Gasteiger partial charge on any atom is 0.408 e. The molecule has 0 aromatic heterocycles. The average Bonchev–Trinajstić information content (AvgIpc) is 2.67. The predicted molar refractivity (Wildman–Crippen MR) is 110 cm³/mol. The van der Waals surface area contributed by atoms with Crippen molar-refractivity contribution in [3.8, 4) is 0 Å². The Kier molecular flexibility index (Phi) is 8.46. The van der Waals surface area contributed by atoms with Crippen molar-refractivity contribution in [2.45, 2.75) is 51.5 Å². The number of carbonyl (C=O) groups is 3. The number of hydrogen-bond donors (Lipinski definition) is 2. The van der Waals surface area contributed by atoms with Crippen LogP contribution < -0.4 is 10.6 Å². The third-order valence-electron chi connectivity index (χ3n) is 4.45. The van der Waals surface area contributed by atoms with Gasteiger partial charge in [-0.2, -0.15) is 0 Å². The number of alkyl carbamates (subject to hydrolysis) is 2. The first-order valence-electron chi connectivity index (χ1n) is 9.91. The second-order valence-corrected chi connectivity index (χ2v) is 8.13. The lowest BCUT2D eigenvalue weighted by atomic mass is 9.99. The molecular weight excluding hydrogens is 390 g/mol. The summed E-state index contributed by atoms with van der Waals surface area (Å²) in [5.41, 5.74) is 0.207. The van der Waals surface area contributed by atoms with E-state index in [2.05, 4.69) is 10.6 Å². The molecule has 2 atom stereocenters. The van der Waals surface area contributed by atoms with Crippen molar-refractivity contribution in [3.63, 3.8) is 0 Å². The summed E-state index contributed by atoms with van der Waals surface area (Å²) in [5, 5.41) is 5.56. The molecule has 1 aromatic carbocycles. The molecule has 3 amide bonds. The average molecular weight is 421 g/mol. The van der Waals surface area contributed by atoms with Gasteiger partial charge in [0.05, 0.1) is 12.1 Å². The maximum absolute atomic E-state index is 12.3. The number of benzene rings is 1. The molecule has 166 valence electrons. The van der Waals surface area contributed by atoms with Crippen LogP contribution >= 0.6 is 0 Å². The van der Waals surface area contributed by atoms with Crippen molar-refractivity contribution in [1.82, 2.24) is 15.5 Å². The monoisotopic (exact) mass is 421 g/mol. The van der Waals surface area contributed by atoms with E-state index < -0.39 is 29.9 Å². The summed E-state index contributed by atoms with van der Waals surface area (Å²) in [6, 6.07) is 8.40. The lowest BCUT2D eigenvalue weighted by molar-refractivity contribution is -0.136. The summed E-state index contributed by atoms with van der Waals surface area (Å²) in [7, 11) is 1.45. The van der Waals surface area contributed by atoms with Crippen molar-refractivity contribution < 1.29 is 28.6 Å². The van der Waals surface area contributed by atoms with E-state index >= 15 is 0 Å². The van der Waals surface area contributed by atoms with Gasteiger partial charge in [-0.05, 0) is 32.8 Å². The second-order valence-electron chi connectivity index (χ2n) is 8.13. The molecule has 0 spiro atoms. The lowest BCUT2D eigenvalue weighted by Crippen LogP contribution is -2.62. The number of rotatable bonds is 6. The van der Waals surface area contributed by atoms with Gasteiger partial charge in [-0.3, -0.25) is 4.79 Å². The first-order chi connectivity index (χ1) is 14.2. The number of carbonyl (C=O) groups excluding carboxylic acids is 3. The van der Waals surface area contributed by atoms with E-state index in [0.29, 0.717) is 13.0 Å². The minimum absolute atomic E-state index is 0.0453. The maximum atomic E-state index is 12.3. The first kappa shape index (κ1) is 23.5. The Labute approximate surface area is 177 Å². The van der Waals surface area contributed by atoms with Crippen molar-refractivity contribution >= 4 is 18.1 Å². The van der Waals surface area contributed by atoms with Crippen LogP contribution in [0.3, 0.4) is 0 Å². The molecular formula is C21H31N3O6. The number of nitrogens with one attached hydrogen (secondary N) is 2. The summed E-state index contributed by atoms with van der Waals surface area (Å²) in [5.74, 6) is -0.182. The van der Waals surface area contributed by atoms with E-state index in [9.17, 15) is 14.4 Å². The molecule has 0 aliphatic carbocycles. The molecule has 9 nitrogen and oxygen atoms in total. The van der Waals surface area contributed by atoms with Gasteiger partial charge in [0.2, 0.25) is 5.91 Å². The van der Waals surface area contributed by atoms with Gasteiger partial charge in [0.15, 0.2) is 0 Å². The van der Waals surface area contributed by atoms with Gasteiger partial charge in [0.25, 0.3) is 0 Å². The van der Waals surface area contributed by atoms with Crippen LogP contribution in [0.1, 0.15) is 32.8 Å². The Bertz CT molecular complexity index is 719. The molecule has 1 heterocycles. The fraction of sp³-hybridized carbons (Fsp3) is 0.571. The zero-order valence-corrected chi connectivity index (χ0v) is 18.0. The number of hydrogen-bond acceptors (Lipinski definition) is 6. The highest BCUT2D eigenvalue weighted by Crippen LogP contribution is 2.14. The van der Waals surface area contributed by atoms with E-state index in [1.807, 2.05) is 30.3 Å². The van der Waals surface area contributed by atoms with Crippen molar-refractivity contribution in [3.05, 3.63) is 35.9 Å². The Hall–Kier alpha value is -2.81. The van der Waals surface area contributed by atoms with Crippen LogP contribution in [0, 0.1) is 0 Å². The van der Waals surface area contributed by atoms with E-state index in [1.54, 1.807) is 25.7 Å². The SMILES string of the molecule is COCC(=O)N1CCC(NC(=O)OCc2ccccc2)C(NC(=O)OC(C)(C)C)C1. The Morgan fingerprint density at radius 3 is 2.37 bits per heavy atom. The molecule has 1 aliphatic heterocycles. The van der Waals surface area contributed by atoms with E-state index in [4.69, 9.17) is 14.2 Å². The van der Waals surface area contributed by atoms with Gasteiger partial charge in [0.1, 0.15) is 18.8 Å².